The molecular formula is C14H18N2O5. The molecule has 0 aliphatic carbocycles. The van der Waals surface area contributed by atoms with E-state index in [0.29, 0.717) is 38.0 Å². The van der Waals surface area contributed by atoms with Gasteiger partial charge in [-0.25, -0.2) is 0 Å². The van der Waals surface area contributed by atoms with Crippen LogP contribution in [-0.2, 0) is 4.79 Å². The fourth-order valence-corrected chi connectivity index (χ4v) is 1.66. The second-order valence-electron chi connectivity index (χ2n) is 4.46. The normalized spacial score (nSPS) is 10.0. The molecule has 0 N–H and O–H groups in total. The molecule has 0 saturated carbocycles. The molecule has 1 rings (SSSR count). The van der Waals surface area contributed by atoms with Gasteiger partial charge in [-0.05, 0) is 25.5 Å². The van der Waals surface area contributed by atoms with E-state index in [1.165, 1.54) is 18.2 Å². The van der Waals surface area contributed by atoms with Crippen LogP contribution in [0.5, 0.6) is 5.75 Å². The lowest BCUT2D eigenvalue weighted by atomic mass is 10.2. The summed E-state index contributed by atoms with van der Waals surface area (Å²) in [5.74, 6) is 0.414. The maximum absolute atomic E-state index is 11.6. The molecule has 114 valence electrons. The van der Waals surface area contributed by atoms with Crippen LogP contribution < -0.4 is 4.74 Å². The summed E-state index contributed by atoms with van der Waals surface area (Å²) < 4.78 is 5.39. The van der Waals surface area contributed by atoms with Gasteiger partial charge in [0.1, 0.15) is 5.75 Å². The molecule has 0 aliphatic rings. The van der Waals surface area contributed by atoms with Crippen LogP contribution >= 0.6 is 0 Å². The summed E-state index contributed by atoms with van der Waals surface area (Å²) in [5, 5.41) is 10.7. The first-order chi connectivity index (χ1) is 9.99. The van der Waals surface area contributed by atoms with Gasteiger partial charge >= 0.3 is 0 Å². The molecule has 0 aromatic heterocycles. The first kappa shape index (κ1) is 16.6. The molecule has 0 atom stereocenters. The molecule has 0 unspecified atom stereocenters. The number of rotatable bonds is 8. The molecule has 0 bridgehead atoms. The average molecular weight is 294 g/mol. The second-order valence-corrected chi connectivity index (χ2v) is 4.46. The first-order valence-corrected chi connectivity index (χ1v) is 6.60. The number of carbonyl (C=O) groups is 2. The number of nitro groups is 1. The Kier molecular flexibility index (Phi) is 6.32. The molecule has 0 fully saturated rings. The summed E-state index contributed by atoms with van der Waals surface area (Å²) in [7, 11) is 1.73. The zero-order valence-corrected chi connectivity index (χ0v) is 12.1. The Morgan fingerprint density at radius 2 is 2.19 bits per heavy atom. The number of amides is 1. The Morgan fingerprint density at radius 3 is 2.76 bits per heavy atom. The molecular weight excluding hydrogens is 276 g/mol. The van der Waals surface area contributed by atoms with Crippen molar-refractivity contribution in [3.8, 4) is 5.75 Å². The Morgan fingerprint density at radius 1 is 1.48 bits per heavy atom. The number of carbonyl (C=O) groups excluding carboxylic acids is 2. The smallest absolute Gasteiger partial charge is 0.280 e. The number of nitrogens with zero attached hydrogens (tertiary/aromatic N) is 2. The molecule has 0 heterocycles. The number of aldehydes is 1. The third-order valence-electron chi connectivity index (χ3n) is 3.03. The van der Waals surface area contributed by atoms with Crippen LogP contribution in [0, 0.1) is 10.1 Å². The van der Waals surface area contributed by atoms with Gasteiger partial charge in [-0.1, -0.05) is 0 Å². The summed E-state index contributed by atoms with van der Waals surface area (Å²) in [6.07, 6.45) is 1.33. The lowest BCUT2D eigenvalue weighted by Gasteiger charge is -2.14. The van der Waals surface area contributed by atoms with Crippen LogP contribution in [0.3, 0.4) is 0 Å². The zero-order valence-electron chi connectivity index (χ0n) is 12.1. The topological polar surface area (TPSA) is 89.8 Å². The zero-order chi connectivity index (χ0) is 15.8. The summed E-state index contributed by atoms with van der Waals surface area (Å²) in [4.78, 5) is 34.0. The highest BCUT2D eigenvalue weighted by molar-refractivity contribution is 5.82. The standard InChI is InChI=1S/C14H18N2O5/c1-3-15(2)14(18)5-4-8-21-12-6-7-13(16(19)20)11(9-12)10-17/h6-7,9-10H,3-5,8H2,1-2H3. The summed E-state index contributed by atoms with van der Waals surface area (Å²) in [6, 6.07) is 3.99. The van der Waals surface area contributed by atoms with Crippen molar-refractivity contribution in [2.75, 3.05) is 20.2 Å². The van der Waals surface area contributed by atoms with E-state index in [0.717, 1.165) is 0 Å². The van der Waals surface area contributed by atoms with E-state index in [2.05, 4.69) is 0 Å². The molecule has 0 aliphatic heterocycles. The van der Waals surface area contributed by atoms with E-state index in [4.69, 9.17) is 4.74 Å². The summed E-state index contributed by atoms with van der Waals surface area (Å²) in [6.45, 7) is 2.86. The van der Waals surface area contributed by atoms with Gasteiger partial charge in [-0.3, -0.25) is 19.7 Å². The lowest BCUT2D eigenvalue weighted by Crippen LogP contribution is -2.26. The van der Waals surface area contributed by atoms with Gasteiger partial charge in [-0.2, -0.15) is 0 Å². The van der Waals surface area contributed by atoms with Crippen molar-refractivity contribution in [3.63, 3.8) is 0 Å². The highest BCUT2D eigenvalue weighted by Gasteiger charge is 2.14. The van der Waals surface area contributed by atoms with E-state index in [9.17, 15) is 19.7 Å². The molecule has 1 aromatic rings. The van der Waals surface area contributed by atoms with Gasteiger partial charge in [0.15, 0.2) is 6.29 Å². The van der Waals surface area contributed by atoms with Crippen molar-refractivity contribution in [2.24, 2.45) is 0 Å². The number of nitro benzene ring substituents is 1. The molecule has 21 heavy (non-hydrogen) atoms. The number of ether oxygens (including phenoxy) is 1. The quantitative estimate of drug-likeness (QED) is 0.317. The van der Waals surface area contributed by atoms with E-state index >= 15 is 0 Å². The number of hydrogen-bond acceptors (Lipinski definition) is 5. The van der Waals surface area contributed by atoms with E-state index < -0.39 is 4.92 Å². The van der Waals surface area contributed by atoms with Gasteiger partial charge in [-0.15, -0.1) is 0 Å². The molecule has 0 radical (unpaired) electrons. The molecule has 0 spiro atoms. The largest absolute Gasteiger partial charge is 0.494 e. The monoisotopic (exact) mass is 294 g/mol. The lowest BCUT2D eigenvalue weighted by molar-refractivity contribution is -0.385. The minimum Gasteiger partial charge on any atom is -0.494 e. The van der Waals surface area contributed by atoms with Gasteiger partial charge in [0, 0.05) is 26.1 Å². The molecule has 7 heteroatoms. The van der Waals surface area contributed by atoms with Crippen LogP contribution in [0.25, 0.3) is 0 Å². The van der Waals surface area contributed by atoms with Crippen molar-refractivity contribution in [2.45, 2.75) is 19.8 Å². The van der Waals surface area contributed by atoms with Crippen molar-refractivity contribution < 1.29 is 19.2 Å². The van der Waals surface area contributed by atoms with Crippen LogP contribution in [-0.4, -0.2) is 42.2 Å². The van der Waals surface area contributed by atoms with Crippen molar-refractivity contribution >= 4 is 17.9 Å². The summed E-state index contributed by atoms with van der Waals surface area (Å²) in [5.41, 5.74) is -0.281. The Labute approximate surface area is 122 Å². The third kappa shape index (κ3) is 4.87. The number of hydrogen-bond donors (Lipinski definition) is 0. The van der Waals surface area contributed by atoms with Crippen molar-refractivity contribution in [1.29, 1.82) is 0 Å². The van der Waals surface area contributed by atoms with E-state index in [-0.39, 0.29) is 17.2 Å². The highest BCUT2D eigenvalue weighted by Crippen LogP contribution is 2.22. The SMILES string of the molecule is CCN(C)C(=O)CCCOc1ccc([N+](=O)[O-])c(C=O)c1. The number of benzene rings is 1. The van der Waals surface area contributed by atoms with E-state index in [1.807, 2.05) is 6.92 Å². The van der Waals surface area contributed by atoms with Crippen molar-refractivity contribution in [1.82, 2.24) is 4.90 Å². The van der Waals surface area contributed by atoms with Crippen molar-refractivity contribution in [3.05, 3.63) is 33.9 Å². The average Bonchev–Trinajstić information content (AvgIpc) is 2.49. The predicted molar refractivity (Wildman–Crippen MR) is 76.5 cm³/mol. The predicted octanol–water partition coefficient (Wildman–Crippen LogP) is 2.04. The van der Waals surface area contributed by atoms with Gasteiger partial charge in [0.25, 0.3) is 5.69 Å². The van der Waals surface area contributed by atoms with Gasteiger partial charge in [0.05, 0.1) is 17.1 Å². The molecule has 1 amide bonds. The Bertz CT molecular complexity index is 530. The van der Waals surface area contributed by atoms with Crippen LogP contribution in [0.1, 0.15) is 30.1 Å². The minimum absolute atomic E-state index is 0.0284. The first-order valence-electron chi connectivity index (χ1n) is 6.60. The fraction of sp³-hybridized carbons (Fsp3) is 0.429. The van der Waals surface area contributed by atoms with Crippen LogP contribution in [0.2, 0.25) is 0 Å². The second kappa shape index (κ2) is 7.98. The molecule has 0 saturated heterocycles. The van der Waals surface area contributed by atoms with Gasteiger partial charge in [0.2, 0.25) is 5.91 Å². The third-order valence-corrected chi connectivity index (χ3v) is 3.03. The van der Waals surface area contributed by atoms with Crippen LogP contribution in [0.15, 0.2) is 18.2 Å². The maximum atomic E-state index is 11.6. The maximum Gasteiger partial charge on any atom is 0.280 e. The minimum atomic E-state index is -0.618. The highest BCUT2D eigenvalue weighted by atomic mass is 16.6. The fourth-order valence-electron chi connectivity index (χ4n) is 1.66. The Hall–Kier alpha value is -2.44. The Balaban J connectivity index is 2.51. The summed E-state index contributed by atoms with van der Waals surface area (Å²) >= 11 is 0. The van der Waals surface area contributed by atoms with Crippen LogP contribution in [0.4, 0.5) is 5.69 Å². The van der Waals surface area contributed by atoms with E-state index in [1.54, 1.807) is 11.9 Å². The molecule has 7 nitrogen and oxygen atoms in total. The molecule has 1 aromatic carbocycles. The van der Waals surface area contributed by atoms with Gasteiger partial charge < -0.3 is 9.64 Å².